The number of nitrogens with two attached hydrogens (primary N) is 2. The number of carbonyl (C=O) groups excluding carboxylic acids is 2. The van der Waals surface area contributed by atoms with Crippen LogP contribution in [0.15, 0.2) is 12.4 Å². The summed E-state index contributed by atoms with van der Waals surface area (Å²) in [5, 5.41) is 10.5. The van der Waals surface area contributed by atoms with E-state index in [0.717, 1.165) is 46.5 Å². The molecule has 62 heavy (non-hydrogen) atoms. The minimum atomic E-state index is -0.492. The molecular formula is C44H56Cl2N12O4. The predicted octanol–water partition coefficient (Wildman–Crippen LogP) is 4.77. The first-order valence-electron chi connectivity index (χ1n) is 21.6. The number of hydrogen-bond acceptors (Lipinski definition) is 14. The van der Waals surface area contributed by atoms with Crippen LogP contribution in [0.5, 0.6) is 0 Å². The maximum Gasteiger partial charge on any atom is 0.223 e. The van der Waals surface area contributed by atoms with Crippen LogP contribution in [0.3, 0.4) is 0 Å². The van der Waals surface area contributed by atoms with Gasteiger partial charge in [-0.3, -0.25) is 19.6 Å². The zero-order valence-corrected chi connectivity index (χ0v) is 37.6. The van der Waals surface area contributed by atoms with Crippen molar-refractivity contribution in [3.63, 3.8) is 0 Å². The summed E-state index contributed by atoms with van der Waals surface area (Å²) in [5.41, 5.74) is 22.4. The molecule has 4 atom stereocenters. The Bertz CT molecular complexity index is 2390. The maximum absolute atomic E-state index is 13.9. The number of amides is 2. The van der Waals surface area contributed by atoms with Gasteiger partial charge < -0.3 is 40.9 Å². The SMILES string of the molecule is CCc1c(C)cnc(CN2C[C@H](CC(=O)N3CC[C@@H](OCCc4c(C)cnc(CN5C[C@H](CC(=O)N6CC[C@@H](O)C6)c6c(Cl)nc(N)nc65)c4C)C3)c3c(Cl)nc(N)nc32)c1C. The van der Waals surface area contributed by atoms with Gasteiger partial charge in [-0.2, -0.15) is 9.97 Å². The van der Waals surface area contributed by atoms with Crippen LogP contribution in [0.25, 0.3) is 0 Å². The van der Waals surface area contributed by atoms with Crippen LogP contribution in [0, 0.1) is 27.7 Å². The smallest absolute Gasteiger partial charge is 0.223 e. The fourth-order valence-electron chi connectivity index (χ4n) is 9.89. The number of aromatic nitrogens is 6. The summed E-state index contributed by atoms with van der Waals surface area (Å²) < 4.78 is 6.43. The van der Waals surface area contributed by atoms with E-state index in [1.54, 1.807) is 4.90 Å². The second-order valence-electron chi connectivity index (χ2n) is 17.3. The average Bonchev–Trinajstić information content (AvgIpc) is 4.02. The number of nitrogen functional groups attached to an aromatic ring is 2. The minimum absolute atomic E-state index is 0.0289. The third-order valence-electron chi connectivity index (χ3n) is 13.2. The van der Waals surface area contributed by atoms with Crippen molar-refractivity contribution >= 4 is 58.5 Å². The van der Waals surface area contributed by atoms with Gasteiger partial charge in [0.05, 0.1) is 43.3 Å². The highest BCUT2D eigenvalue weighted by atomic mass is 35.5. The summed E-state index contributed by atoms with van der Waals surface area (Å²) >= 11 is 13.3. The fraction of sp³-hybridized carbons (Fsp3) is 0.545. The number of anilines is 4. The van der Waals surface area contributed by atoms with E-state index in [1.807, 2.05) is 17.3 Å². The number of aliphatic hydroxyl groups is 1. The van der Waals surface area contributed by atoms with E-state index in [4.69, 9.17) is 49.4 Å². The molecule has 4 aromatic heterocycles. The molecule has 8 heterocycles. The first-order valence-corrected chi connectivity index (χ1v) is 22.3. The molecule has 2 amide bonds. The van der Waals surface area contributed by atoms with E-state index in [0.29, 0.717) is 89.0 Å². The van der Waals surface area contributed by atoms with E-state index in [9.17, 15) is 14.7 Å². The van der Waals surface area contributed by atoms with E-state index < -0.39 is 6.10 Å². The molecule has 4 aromatic rings. The largest absolute Gasteiger partial charge is 0.391 e. The van der Waals surface area contributed by atoms with Crippen molar-refractivity contribution in [2.24, 2.45) is 0 Å². The number of likely N-dealkylation sites (tertiary alicyclic amines) is 2. The van der Waals surface area contributed by atoms with E-state index in [2.05, 4.69) is 64.4 Å². The maximum atomic E-state index is 13.9. The molecule has 0 saturated carbocycles. The standard InChI is InChI=1S/C44H56Cl2N12O4/c1-6-31-23(2)15-49-33(25(31)4)21-57-18-28(38-40(46)52-43(47)53-41(38)57)14-36(61)56-11-8-30(20-56)62-12-9-32-24(3)16-50-34(26(32)5)22-58-17-27(13-35(60)55-10-7-29(59)19-55)37-39(45)51-44(48)54-42(37)58/h15-16,27-30,59H,6-14,17-22H2,1-5H3,(H2,47,52,53)(H2,48,51,54)/t27-,28-,29+,30+/m0/s1. The van der Waals surface area contributed by atoms with Gasteiger partial charge in [-0.15, -0.1) is 0 Å². The van der Waals surface area contributed by atoms with Gasteiger partial charge >= 0.3 is 0 Å². The number of rotatable bonds is 13. The molecule has 0 aromatic carbocycles. The van der Waals surface area contributed by atoms with Crippen molar-refractivity contribution in [1.29, 1.82) is 0 Å². The lowest BCUT2D eigenvalue weighted by Gasteiger charge is -2.22. The lowest BCUT2D eigenvalue weighted by molar-refractivity contribution is -0.131. The number of carbonyl (C=O) groups is 2. The molecule has 2 fully saturated rings. The number of pyridine rings is 2. The van der Waals surface area contributed by atoms with Crippen LogP contribution in [0.1, 0.15) is 100 Å². The molecule has 4 aliphatic rings. The van der Waals surface area contributed by atoms with Crippen molar-refractivity contribution in [1.82, 2.24) is 39.7 Å². The van der Waals surface area contributed by atoms with Crippen molar-refractivity contribution in [3.05, 3.63) is 78.6 Å². The molecule has 2 saturated heterocycles. The van der Waals surface area contributed by atoms with Crippen molar-refractivity contribution < 1.29 is 19.4 Å². The zero-order chi connectivity index (χ0) is 44.0. The molecule has 0 aliphatic carbocycles. The van der Waals surface area contributed by atoms with E-state index >= 15 is 0 Å². The minimum Gasteiger partial charge on any atom is -0.391 e. The van der Waals surface area contributed by atoms with Gasteiger partial charge in [-0.1, -0.05) is 30.1 Å². The number of aryl methyl sites for hydroxylation is 2. The molecule has 0 bridgehead atoms. The van der Waals surface area contributed by atoms with Crippen molar-refractivity contribution in [2.75, 3.05) is 67.1 Å². The monoisotopic (exact) mass is 886 g/mol. The van der Waals surface area contributed by atoms with Crippen LogP contribution in [0.4, 0.5) is 23.5 Å². The first-order chi connectivity index (χ1) is 29.7. The Morgan fingerprint density at radius 2 is 1.24 bits per heavy atom. The molecule has 0 radical (unpaired) electrons. The number of β-amino-alcohol motifs (C(OH)–C–C–N with tert-alkyl or cyclic N) is 1. The van der Waals surface area contributed by atoms with Gasteiger partial charge in [0.2, 0.25) is 23.7 Å². The average molecular weight is 888 g/mol. The number of fused-ring (bicyclic) bond motifs is 2. The molecule has 8 rings (SSSR count). The highest BCUT2D eigenvalue weighted by molar-refractivity contribution is 6.31. The van der Waals surface area contributed by atoms with Crippen LogP contribution >= 0.6 is 23.2 Å². The second-order valence-corrected chi connectivity index (χ2v) is 18.0. The van der Waals surface area contributed by atoms with Crippen LogP contribution in [-0.2, 0) is 40.3 Å². The molecule has 5 N–H and O–H groups in total. The van der Waals surface area contributed by atoms with Gasteiger partial charge in [-0.25, -0.2) is 9.97 Å². The lowest BCUT2D eigenvalue weighted by atomic mass is 9.99. The molecule has 0 unspecified atom stereocenters. The fourth-order valence-corrected chi connectivity index (χ4v) is 10.5. The number of aliphatic hydroxyl groups excluding tert-OH is 1. The number of hydrogen-bond donors (Lipinski definition) is 3. The van der Waals surface area contributed by atoms with Gasteiger partial charge in [0.15, 0.2) is 0 Å². The van der Waals surface area contributed by atoms with E-state index in [-0.39, 0.29) is 64.8 Å². The summed E-state index contributed by atoms with van der Waals surface area (Å²) in [5.74, 6) is 1.05. The Labute approximate surface area is 372 Å². The van der Waals surface area contributed by atoms with Gasteiger partial charge in [0, 0.05) is 87.5 Å². The van der Waals surface area contributed by atoms with Gasteiger partial charge in [0.1, 0.15) is 21.9 Å². The Balaban J connectivity index is 0.877. The molecule has 4 aliphatic heterocycles. The third kappa shape index (κ3) is 8.84. The summed E-state index contributed by atoms with van der Waals surface area (Å²) in [7, 11) is 0. The highest BCUT2D eigenvalue weighted by Gasteiger charge is 2.39. The summed E-state index contributed by atoms with van der Waals surface area (Å²) in [6, 6.07) is 0. The van der Waals surface area contributed by atoms with Crippen LogP contribution in [-0.4, -0.2) is 115 Å². The normalized spacial score (nSPS) is 20.7. The number of ether oxygens (including phenoxy) is 1. The van der Waals surface area contributed by atoms with Crippen molar-refractivity contribution in [2.45, 2.75) is 110 Å². The molecule has 330 valence electrons. The quantitative estimate of drug-likeness (QED) is 0.155. The number of nitrogens with zero attached hydrogens (tertiary/aromatic N) is 10. The molecule has 0 spiro atoms. The molecule has 18 heteroatoms. The predicted molar refractivity (Wildman–Crippen MR) is 238 cm³/mol. The highest BCUT2D eigenvalue weighted by Crippen LogP contribution is 2.44. The van der Waals surface area contributed by atoms with Crippen LogP contribution < -0.4 is 21.3 Å². The van der Waals surface area contributed by atoms with Gasteiger partial charge in [-0.05, 0) is 86.8 Å². The topological polar surface area (TPSA) is 206 Å². The summed E-state index contributed by atoms with van der Waals surface area (Å²) in [6.45, 7) is 15.0. The summed E-state index contributed by atoms with van der Waals surface area (Å²) in [6.07, 6.45) is 6.68. The third-order valence-corrected chi connectivity index (χ3v) is 13.8. The summed E-state index contributed by atoms with van der Waals surface area (Å²) in [4.78, 5) is 62.1. The second kappa shape index (κ2) is 18.1. The molecule has 16 nitrogen and oxygen atoms in total. The van der Waals surface area contributed by atoms with Crippen molar-refractivity contribution in [3.8, 4) is 0 Å². The first kappa shape index (κ1) is 43.7. The Kier molecular flexibility index (Phi) is 12.7. The van der Waals surface area contributed by atoms with Crippen LogP contribution in [0.2, 0.25) is 10.3 Å². The Morgan fingerprint density at radius 1 is 0.742 bits per heavy atom. The number of halogens is 2. The van der Waals surface area contributed by atoms with Gasteiger partial charge in [0.25, 0.3) is 0 Å². The Hall–Kier alpha value is -4.90. The molecular weight excluding hydrogens is 831 g/mol. The Morgan fingerprint density at radius 3 is 1.76 bits per heavy atom. The zero-order valence-electron chi connectivity index (χ0n) is 36.1. The lowest BCUT2D eigenvalue weighted by Crippen LogP contribution is -2.32. The van der Waals surface area contributed by atoms with E-state index in [1.165, 1.54) is 16.7 Å².